The van der Waals surface area contributed by atoms with Gasteiger partial charge in [-0.25, -0.2) is 9.19 Å². The molecule has 1 aromatic carbocycles. The molecule has 0 spiro atoms. The van der Waals surface area contributed by atoms with E-state index in [1.54, 1.807) is 12.1 Å². The van der Waals surface area contributed by atoms with Gasteiger partial charge in [0.05, 0.1) is 11.6 Å². The lowest BCUT2D eigenvalue weighted by Crippen LogP contribution is -2.26. The van der Waals surface area contributed by atoms with Crippen LogP contribution in [0.5, 0.6) is 0 Å². The molecule has 1 unspecified atom stereocenters. The van der Waals surface area contributed by atoms with Gasteiger partial charge in [-0.1, -0.05) is 0 Å². The molecule has 1 heterocycles. The van der Waals surface area contributed by atoms with Gasteiger partial charge in [-0.3, -0.25) is 9.52 Å². The fourth-order valence-electron chi connectivity index (χ4n) is 2.46. The average Bonchev–Trinajstić information content (AvgIpc) is 3.32. The number of nitriles is 1. The molecular formula is C17H18N4O2S2. The summed E-state index contributed by atoms with van der Waals surface area (Å²) in [5.41, 5.74) is 1.87. The average molecular weight is 374 g/mol. The second kappa shape index (κ2) is 7.33. The van der Waals surface area contributed by atoms with E-state index in [1.807, 2.05) is 19.1 Å². The van der Waals surface area contributed by atoms with Crippen molar-refractivity contribution in [2.75, 3.05) is 17.7 Å². The van der Waals surface area contributed by atoms with Crippen molar-refractivity contribution in [1.82, 2.24) is 9.71 Å². The zero-order valence-corrected chi connectivity index (χ0v) is 15.6. The molecule has 0 aliphatic heterocycles. The number of amides is 1. The molecule has 25 heavy (non-hydrogen) atoms. The van der Waals surface area contributed by atoms with Crippen molar-refractivity contribution < 1.29 is 9.00 Å². The number of carbonyl (C=O) groups is 1. The molecule has 1 fully saturated rings. The Morgan fingerprint density at radius 2 is 2.12 bits per heavy atom. The second-order valence-corrected chi connectivity index (χ2v) is 8.29. The molecule has 1 aromatic heterocycles. The van der Waals surface area contributed by atoms with Crippen molar-refractivity contribution >= 4 is 39.0 Å². The van der Waals surface area contributed by atoms with E-state index in [-0.39, 0.29) is 0 Å². The maximum Gasteiger partial charge on any atom is 0.282 e. The topological polar surface area (TPSA) is 86.1 Å². The minimum atomic E-state index is -1.42. The normalized spacial score (nSPS) is 14.6. The van der Waals surface area contributed by atoms with Crippen LogP contribution in [0.3, 0.4) is 0 Å². The molecular weight excluding hydrogens is 356 g/mol. The van der Waals surface area contributed by atoms with Gasteiger partial charge in [0.2, 0.25) is 0 Å². The Kier molecular flexibility index (Phi) is 5.16. The highest BCUT2D eigenvalue weighted by Gasteiger charge is 2.28. The van der Waals surface area contributed by atoms with E-state index in [0.717, 1.165) is 22.2 Å². The fourth-order valence-corrected chi connectivity index (χ4v) is 3.75. The molecule has 1 aliphatic rings. The minimum absolute atomic E-state index is 0.310. The maximum absolute atomic E-state index is 12.2. The summed E-state index contributed by atoms with van der Waals surface area (Å²) in [4.78, 5) is 19.5. The van der Waals surface area contributed by atoms with Gasteiger partial charge in [0.25, 0.3) is 5.91 Å². The third-order valence-corrected chi connectivity index (χ3v) is 5.38. The monoisotopic (exact) mass is 374 g/mol. The van der Waals surface area contributed by atoms with Gasteiger partial charge < -0.3 is 4.90 Å². The first kappa shape index (κ1) is 17.6. The summed E-state index contributed by atoms with van der Waals surface area (Å²) >= 11 is 1.44. The molecule has 1 atom stereocenters. The van der Waals surface area contributed by atoms with Gasteiger partial charge in [0, 0.05) is 23.4 Å². The van der Waals surface area contributed by atoms with Gasteiger partial charge >= 0.3 is 0 Å². The van der Waals surface area contributed by atoms with Crippen LogP contribution in [0.25, 0.3) is 0 Å². The van der Waals surface area contributed by atoms with Crippen molar-refractivity contribution in [1.29, 1.82) is 5.26 Å². The van der Waals surface area contributed by atoms with E-state index >= 15 is 0 Å². The Bertz CT molecular complexity index is 851. The maximum atomic E-state index is 12.2. The first-order valence-corrected chi connectivity index (χ1v) is 10.2. The molecule has 1 N–H and O–H groups in total. The lowest BCUT2D eigenvalue weighted by atomic mass is 10.2. The summed E-state index contributed by atoms with van der Waals surface area (Å²) in [6.45, 7) is 2.67. The molecule has 0 bridgehead atoms. The standard InChI is InChI=1S/C17H18N4O2S2/c1-11-15(16(22)20-25(2)23)19-17(24-11)21(10-13-3-4-13)14-7-5-12(9-18)6-8-14/h5-8,13H,3-4,10H2,1-2H3,(H,20,22). The third-order valence-electron chi connectivity index (χ3n) is 3.91. The number of aryl methyl sites for hydroxylation is 1. The van der Waals surface area contributed by atoms with Crippen molar-refractivity contribution in [3.8, 4) is 6.07 Å². The van der Waals surface area contributed by atoms with Crippen LogP contribution in [0, 0.1) is 24.2 Å². The van der Waals surface area contributed by atoms with Gasteiger partial charge in [-0.2, -0.15) is 5.26 Å². The molecule has 0 saturated heterocycles. The number of aromatic nitrogens is 1. The summed E-state index contributed by atoms with van der Waals surface area (Å²) < 4.78 is 13.6. The lowest BCUT2D eigenvalue weighted by Gasteiger charge is -2.22. The van der Waals surface area contributed by atoms with Crippen LogP contribution in [0.4, 0.5) is 10.8 Å². The highest BCUT2D eigenvalue weighted by molar-refractivity contribution is 7.82. The van der Waals surface area contributed by atoms with Crippen molar-refractivity contribution in [2.24, 2.45) is 5.92 Å². The minimum Gasteiger partial charge on any atom is -0.318 e. The number of carbonyl (C=O) groups excluding carboxylic acids is 1. The van der Waals surface area contributed by atoms with Crippen LogP contribution in [-0.2, 0) is 11.0 Å². The predicted octanol–water partition coefficient (Wildman–Crippen LogP) is 2.89. The van der Waals surface area contributed by atoms with Gasteiger partial charge in [-0.15, -0.1) is 11.3 Å². The Morgan fingerprint density at radius 3 is 2.68 bits per heavy atom. The van der Waals surface area contributed by atoms with Crippen LogP contribution in [-0.4, -0.2) is 27.9 Å². The molecule has 2 aromatic rings. The van der Waals surface area contributed by atoms with Crippen molar-refractivity contribution in [3.05, 3.63) is 40.4 Å². The first-order chi connectivity index (χ1) is 12.0. The Hall–Kier alpha value is -2.24. The van der Waals surface area contributed by atoms with E-state index in [2.05, 4.69) is 20.7 Å². The summed E-state index contributed by atoms with van der Waals surface area (Å²) in [6.07, 6.45) is 3.80. The molecule has 1 saturated carbocycles. The molecule has 130 valence electrons. The SMILES string of the molecule is Cc1sc(N(CC2CC2)c2ccc(C#N)cc2)nc1C(=O)NS(C)=O. The highest BCUT2D eigenvalue weighted by atomic mass is 32.2. The third kappa shape index (κ3) is 4.24. The zero-order valence-electron chi connectivity index (χ0n) is 14.0. The summed E-state index contributed by atoms with van der Waals surface area (Å²) in [7, 11) is -1.42. The largest absolute Gasteiger partial charge is 0.318 e. The number of thiazole rings is 1. The van der Waals surface area contributed by atoms with E-state index < -0.39 is 16.9 Å². The Balaban J connectivity index is 1.92. The highest BCUT2D eigenvalue weighted by Crippen LogP contribution is 2.37. The van der Waals surface area contributed by atoms with E-state index in [4.69, 9.17) is 5.26 Å². The van der Waals surface area contributed by atoms with Crippen molar-refractivity contribution in [3.63, 3.8) is 0 Å². The molecule has 6 nitrogen and oxygen atoms in total. The van der Waals surface area contributed by atoms with Gasteiger partial charge in [0.1, 0.15) is 16.7 Å². The number of nitrogens with one attached hydrogen (secondary N) is 1. The number of benzene rings is 1. The molecule has 1 amide bonds. The molecule has 0 radical (unpaired) electrons. The van der Waals surface area contributed by atoms with Crippen LogP contribution in [0.2, 0.25) is 0 Å². The molecule has 8 heteroatoms. The van der Waals surface area contributed by atoms with Crippen LogP contribution >= 0.6 is 11.3 Å². The first-order valence-electron chi connectivity index (χ1n) is 7.87. The molecule has 1 aliphatic carbocycles. The second-order valence-electron chi connectivity index (χ2n) is 6.00. The van der Waals surface area contributed by atoms with Crippen LogP contribution < -0.4 is 9.62 Å². The predicted molar refractivity (Wildman–Crippen MR) is 99.3 cm³/mol. The summed E-state index contributed by atoms with van der Waals surface area (Å²) in [6, 6.07) is 9.48. The Labute approximate surface area is 153 Å². The lowest BCUT2D eigenvalue weighted by molar-refractivity contribution is 0.0978. The summed E-state index contributed by atoms with van der Waals surface area (Å²) in [5.74, 6) is 0.201. The number of rotatable bonds is 6. The summed E-state index contributed by atoms with van der Waals surface area (Å²) in [5, 5.41) is 9.71. The van der Waals surface area contributed by atoms with E-state index in [1.165, 1.54) is 30.4 Å². The zero-order chi connectivity index (χ0) is 18.0. The number of anilines is 2. The van der Waals surface area contributed by atoms with Crippen LogP contribution in [0.15, 0.2) is 24.3 Å². The number of nitrogens with zero attached hydrogens (tertiary/aromatic N) is 3. The Morgan fingerprint density at radius 1 is 1.44 bits per heavy atom. The number of hydrogen-bond donors (Lipinski definition) is 1. The van der Waals surface area contributed by atoms with Gasteiger partial charge in [-0.05, 0) is 49.9 Å². The fraction of sp³-hybridized carbons (Fsp3) is 0.353. The number of hydrogen-bond acceptors (Lipinski definition) is 6. The smallest absolute Gasteiger partial charge is 0.282 e. The quantitative estimate of drug-likeness (QED) is 0.840. The van der Waals surface area contributed by atoms with Crippen molar-refractivity contribution in [2.45, 2.75) is 19.8 Å². The molecule has 3 rings (SSSR count). The van der Waals surface area contributed by atoms with E-state index in [0.29, 0.717) is 17.2 Å². The van der Waals surface area contributed by atoms with Crippen LogP contribution in [0.1, 0.15) is 33.8 Å². The van der Waals surface area contributed by atoms with E-state index in [9.17, 15) is 9.00 Å². The van der Waals surface area contributed by atoms with Gasteiger partial charge in [0.15, 0.2) is 5.13 Å².